The highest BCUT2D eigenvalue weighted by Gasteiger charge is 2.40. The molecule has 5 heteroatoms. The Balaban J connectivity index is 1.59. The van der Waals surface area contributed by atoms with Gasteiger partial charge in [-0.2, -0.15) is 0 Å². The van der Waals surface area contributed by atoms with Crippen molar-refractivity contribution in [3.05, 3.63) is 23.2 Å². The lowest BCUT2D eigenvalue weighted by atomic mass is 9.90. The van der Waals surface area contributed by atoms with E-state index in [1.165, 1.54) is 0 Å². The third-order valence-electron chi connectivity index (χ3n) is 4.36. The molecule has 0 amide bonds. The molecule has 3 rings (SSSR count). The Hall–Kier alpha value is -0.970. The molecule has 1 N–H and O–H groups in total. The summed E-state index contributed by atoms with van der Waals surface area (Å²) in [6.07, 6.45) is 4.06. The Morgan fingerprint density at radius 1 is 1.19 bits per heavy atom. The van der Waals surface area contributed by atoms with Gasteiger partial charge in [0.1, 0.15) is 0 Å². The Bertz CT molecular complexity index is 491. The summed E-state index contributed by atoms with van der Waals surface area (Å²) >= 11 is 6.32. The summed E-state index contributed by atoms with van der Waals surface area (Å²) in [5.74, 6) is -0.287. The average molecular weight is 311 g/mol. The van der Waals surface area contributed by atoms with Crippen LogP contribution in [0.15, 0.2) is 18.2 Å². The SMILES string of the molecule is CN(C)c1ccc(NC2CCC3(CC2)OCCO3)cc1Cl. The smallest absolute Gasteiger partial charge is 0.168 e. The van der Waals surface area contributed by atoms with Crippen molar-refractivity contribution in [1.29, 1.82) is 0 Å². The Morgan fingerprint density at radius 3 is 2.43 bits per heavy atom. The molecule has 4 nitrogen and oxygen atoms in total. The second-order valence-electron chi connectivity index (χ2n) is 6.09. The highest BCUT2D eigenvalue weighted by molar-refractivity contribution is 6.33. The van der Waals surface area contributed by atoms with Crippen LogP contribution in [0.25, 0.3) is 0 Å². The van der Waals surface area contributed by atoms with Crippen molar-refractivity contribution in [2.75, 3.05) is 37.5 Å². The zero-order valence-electron chi connectivity index (χ0n) is 12.7. The molecule has 0 radical (unpaired) electrons. The minimum absolute atomic E-state index is 0.287. The molecule has 116 valence electrons. The molecule has 21 heavy (non-hydrogen) atoms. The molecule has 1 heterocycles. The summed E-state index contributed by atoms with van der Waals surface area (Å²) in [5, 5.41) is 4.36. The van der Waals surface area contributed by atoms with E-state index in [0.717, 1.165) is 55.3 Å². The number of benzene rings is 1. The molecule has 1 saturated carbocycles. The van der Waals surface area contributed by atoms with E-state index < -0.39 is 0 Å². The van der Waals surface area contributed by atoms with Gasteiger partial charge in [0.15, 0.2) is 5.79 Å². The number of rotatable bonds is 3. The fourth-order valence-corrected chi connectivity index (χ4v) is 3.53. The van der Waals surface area contributed by atoms with Crippen molar-refractivity contribution < 1.29 is 9.47 Å². The maximum Gasteiger partial charge on any atom is 0.168 e. The van der Waals surface area contributed by atoms with Gasteiger partial charge >= 0.3 is 0 Å². The first-order chi connectivity index (χ1) is 10.1. The summed E-state index contributed by atoms with van der Waals surface area (Å²) in [7, 11) is 3.99. The van der Waals surface area contributed by atoms with E-state index in [-0.39, 0.29) is 5.79 Å². The standard InChI is InChI=1S/C16H23ClN2O2/c1-19(2)15-4-3-13(11-14(15)17)18-12-5-7-16(8-6-12)20-9-10-21-16/h3-4,11-12,18H,5-10H2,1-2H3. The molecular formula is C16H23ClN2O2. The minimum atomic E-state index is -0.287. The van der Waals surface area contributed by atoms with Gasteiger partial charge in [-0.1, -0.05) is 11.6 Å². The van der Waals surface area contributed by atoms with Gasteiger partial charge in [-0.25, -0.2) is 0 Å². The number of halogens is 1. The third kappa shape index (κ3) is 3.28. The largest absolute Gasteiger partial charge is 0.382 e. The van der Waals surface area contributed by atoms with Gasteiger partial charge < -0.3 is 19.7 Å². The normalized spacial score (nSPS) is 21.7. The Morgan fingerprint density at radius 2 is 1.86 bits per heavy atom. The molecule has 0 atom stereocenters. The molecule has 1 aromatic carbocycles. The monoisotopic (exact) mass is 310 g/mol. The predicted octanol–water partition coefficient (Wildman–Crippen LogP) is 3.50. The van der Waals surface area contributed by atoms with E-state index in [0.29, 0.717) is 6.04 Å². The molecule has 1 aliphatic heterocycles. The molecule has 2 fully saturated rings. The molecule has 1 aromatic rings. The van der Waals surface area contributed by atoms with Crippen LogP contribution in [0.3, 0.4) is 0 Å². The molecule has 1 aliphatic carbocycles. The van der Waals surface area contributed by atoms with Gasteiger partial charge in [0.05, 0.1) is 23.9 Å². The van der Waals surface area contributed by atoms with E-state index in [2.05, 4.69) is 17.4 Å². The van der Waals surface area contributed by atoms with Crippen LogP contribution in [0.1, 0.15) is 25.7 Å². The highest BCUT2D eigenvalue weighted by atomic mass is 35.5. The fraction of sp³-hybridized carbons (Fsp3) is 0.625. The number of nitrogens with one attached hydrogen (secondary N) is 1. The van der Waals surface area contributed by atoms with Crippen LogP contribution in [-0.2, 0) is 9.47 Å². The lowest BCUT2D eigenvalue weighted by Crippen LogP contribution is -2.39. The van der Waals surface area contributed by atoms with Gasteiger partial charge in [0.25, 0.3) is 0 Å². The summed E-state index contributed by atoms with van der Waals surface area (Å²) in [4.78, 5) is 2.02. The maximum absolute atomic E-state index is 6.32. The molecule has 0 unspecified atom stereocenters. The first-order valence-electron chi connectivity index (χ1n) is 7.59. The van der Waals surface area contributed by atoms with Crippen molar-refractivity contribution in [1.82, 2.24) is 0 Å². The van der Waals surface area contributed by atoms with E-state index in [1.54, 1.807) is 0 Å². The van der Waals surface area contributed by atoms with E-state index in [1.807, 2.05) is 25.1 Å². The molecule has 0 aromatic heterocycles. The zero-order chi connectivity index (χ0) is 14.9. The summed E-state index contributed by atoms with van der Waals surface area (Å²) in [6, 6.07) is 6.61. The third-order valence-corrected chi connectivity index (χ3v) is 4.66. The van der Waals surface area contributed by atoms with Crippen LogP contribution in [-0.4, -0.2) is 39.1 Å². The van der Waals surface area contributed by atoms with Crippen molar-refractivity contribution in [2.24, 2.45) is 0 Å². The summed E-state index contributed by atoms with van der Waals surface area (Å²) in [5.41, 5.74) is 2.12. The number of hydrogen-bond acceptors (Lipinski definition) is 4. The number of nitrogens with zero attached hydrogens (tertiary/aromatic N) is 1. The first-order valence-corrected chi connectivity index (χ1v) is 7.97. The molecule has 1 saturated heterocycles. The van der Waals surface area contributed by atoms with Crippen LogP contribution < -0.4 is 10.2 Å². The van der Waals surface area contributed by atoms with Crippen molar-refractivity contribution in [3.63, 3.8) is 0 Å². The van der Waals surface area contributed by atoms with Crippen molar-refractivity contribution in [3.8, 4) is 0 Å². The topological polar surface area (TPSA) is 33.7 Å². The van der Waals surface area contributed by atoms with E-state index in [4.69, 9.17) is 21.1 Å². The fourth-order valence-electron chi connectivity index (χ4n) is 3.18. The van der Waals surface area contributed by atoms with Crippen LogP contribution in [0, 0.1) is 0 Å². The highest BCUT2D eigenvalue weighted by Crippen LogP contribution is 2.37. The van der Waals surface area contributed by atoms with Gasteiger partial charge in [0.2, 0.25) is 0 Å². The van der Waals surface area contributed by atoms with Crippen molar-refractivity contribution in [2.45, 2.75) is 37.5 Å². The number of ether oxygens (including phenoxy) is 2. The second kappa shape index (κ2) is 6.03. The van der Waals surface area contributed by atoms with Gasteiger partial charge in [0, 0.05) is 38.7 Å². The minimum Gasteiger partial charge on any atom is -0.382 e. The quantitative estimate of drug-likeness (QED) is 0.926. The van der Waals surface area contributed by atoms with Crippen LogP contribution >= 0.6 is 11.6 Å². The number of hydrogen-bond donors (Lipinski definition) is 1. The molecular weight excluding hydrogens is 288 g/mol. The van der Waals surface area contributed by atoms with Crippen molar-refractivity contribution >= 4 is 23.0 Å². The summed E-state index contributed by atoms with van der Waals surface area (Å²) < 4.78 is 11.5. The lowest BCUT2D eigenvalue weighted by molar-refractivity contribution is -0.177. The molecule has 0 bridgehead atoms. The van der Waals surface area contributed by atoms with E-state index >= 15 is 0 Å². The van der Waals surface area contributed by atoms with E-state index in [9.17, 15) is 0 Å². The predicted molar refractivity (Wildman–Crippen MR) is 86.3 cm³/mol. The van der Waals surface area contributed by atoms with Gasteiger partial charge in [-0.05, 0) is 31.0 Å². The Kier molecular flexibility index (Phi) is 4.29. The maximum atomic E-state index is 6.32. The number of anilines is 2. The zero-order valence-corrected chi connectivity index (χ0v) is 13.4. The second-order valence-corrected chi connectivity index (χ2v) is 6.49. The molecule has 1 spiro atoms. The van der Waals surface area contributed by atoms with Gasteiger partial charge in [-0.3, -0.25) is 0 Å². The van der Waals surface area contributed by atoms with Crippen LogP contribution in [0.4, 0.5) is 11.4 Å². The lowest BCUT2D eigenvalue weighted by Gasteiger charge is -2.36. The average Bonchev–Trinajstić information content (AvgIpc) is 2.90. The first kappa shape index (κ1) is 14.9. The van der Waals surface area contributed by atoms with Crippen LogP contribution in [0.2, 0.25) is 5.02 Å². The molecule has 2 aliphatic rings. The van der Waals surface area contributed by atoms with Gasteiger partial charge in [-0.15, -0.1) is 0 Å². The Labute approximate surface area is 131 Å². The van der Waals surface area contributed by atoms with Crippen LogP contribution in [0.5, 0.6) is 0 Å². The summed E-state index contributed by atoms with van der Waals surface area (Å²) in [6.45, 7) is 1.47.